The summed E-state index contributed by atoms with van der Waals surface area (Å²) in [5, 5.41) is 3.13. The zero-order valence-corrected chi connectivity index (χ0v) is 15.6. The van der Waals surface area contributed by atoms with E-state index in [2.05, 4.69) is 29.6 Å². The summed E-state index contributed by atoms with van der Waals surface area (Å²) in [6.07, 6.45) is 6.07. The van der Waals surface area contributed by atoms with E-state index in [-0.39, 0.29) is 17.2 Å². The molecule has 0 atom stereocenters. The molecular weight excluding hydrogens is 336 g/mol. The van der Waals surface area contributed by atoms with Gasteiger partial charge in [0, 0.05) is 36.2 Å². The fourth-order valence-electron chi connectivity index (χ4n) is 4.19. The number of benzene rings is 2. The van der Waals surface area contributed by atoms with Gasteiger partial charge >= 0.3 is 0 Å². The van der Waals surface area contributed by atoms with Crippen LogP contribution in [-0.4, -0.2) is 24.9 Å². The summed E-state index contributed by atoms with van der Waals surface area (Å²) in [6.45, 7) is 1.44. The highest BCUT2D eigenvalue weighted by Crippen LogP contribution is 2.43. The summed E-state index contributed by atoms with van der Waals surface area (Å²) in [5.74, 6) is 0.127. The molecule has 27 heavy (non-hydrogen) atoms. The van der Waals surface area contributed by atoms with Gasteiger partial charge in [0.1, 0.15) is 0 Å². The van der Waals surface area contributed by atoms with Crippen molar-refractivity contribution in [2.24, 2.45) is 0 Å². The predicted octanol–water partition coefficient (Wildman–Crippen LogP) is 4.06. The first-order valence-electron chi connectivity index (χ1n) is 9.92. The summed E-state index contributed by atoms with van der Waals surface area (Å²) in [5.41, 5.74) is 2.93. The van der Waals surface area contributed by atoms with Crippen molar-refractivity contribution in [1.29, 1.82) is 0 Å². The van der Waals surface area contributed by atoms with Crippen LogP contribution < -0.4 is 10.2 Å². The van der Waals surface area contributed by atoms with Crippen molar-refractivity contribution in [3.05, 3.63) is 65.7 Å². The van der Waals surface area contributed by atoms with Crippen molar-refractivity contribution in [1.82, 2.24) is 5.32 Å². The topological polar surface area (TPSA) is 49.4 Å². The van der Waals surface area contributed by atoms with Crippen molar-refractivity contribution in [2.45, 2.75) is 43.9 Å². The summed E-state index contributed by atoms with van der Waals surface area (Å²) in [7, 11) is 0. The van der Waals surface area contributed by atoms with Gasteiger partial charge in [-0.1, -0.05) is 36.8 Å². The molecule has 1 saturated carbocycles. The zero-order valence-electron chi connectivity index (χ0n) is 15.6. The maximum Gasteiger partial charge on any atom is 0.251 e. The molecule has 2 amide bonds. The van der Waals surface area contributed by atoms with E-state index in [1.54, 1.807) is 0 Å². The molecular formula is C23H26N2O2. The Morgan fingerprint density at radius 1 is 0.963 bits per heavy atom. The Kier molecular flexibility index (Phi) is 4.97. The number of rotatable bonds is 5. The van der Waals surface area contributed by atoms with Gasteiger partial charge in [-0.25, -0.2) is 0 Å². The van der Waals surface area contributed by atoms with E-state index < -0.39 is 0 Å². The summed E-state index contributed by atoms with van der Waals surface area (Å²) < 4.78 is 0. The Bertz CT molecular complexity index is 810. The highest BCUT2D eigenvalue weighted by Gasteiger charge is 2.38. The van der Waals surface area contributed by atoms with Crippen molar-refractivity contribution >= 4 is 17.5 Å². The van der Waals surface area contributed by atoms with Gasteiger partial charge in [0.2, 0.25) is 5.91 Å². The second-order valence-corrected chi connectivity index (χ2v) is 7.73. The maximum absolute atomic E-state index is 12.6. The minimum Gasteiger partial charge on any atom is -0.351 e. The smallest absolute Gasteiger partial charge is 0.251 e. The number of piperidine rings is 1. The average Bonchev–Trinajstić information content (AvgIpc) is 2.68. The molecule has 0 bridgehead atoms. The van der Waals surface area contributed by atoms with E-state index in [1.165, 1.54) is 12.0 Å². The lowest BCUT2D eigenvalue weighted by atomic mass is 9.64. The highest BCUT2D eigenvalue weighted by molar-refractivity contribution is 5.97. The number of nitrogens with one attached hydrogen (secondary N) is 1. The highest BCUT2D eigenvalue weighted by atomic mass is 16.2. The minimum absolute atomic E-state index is 0.0475. The molecule has 4 nitrogen and oxygen atoms in total. The van der Waals surface area contributed by atoms with Crippen molar-refractivity contribution < 1.29 is 9.59 Å². The number of hydrogen-bond acceptors (Lipinski definition) is 2. The standard InChI is InChI=1S/C23H26N2O2/c26-21-9-4-5-16-25(21)20-12-10-18(11-13-20)22(27)24-17-23(14-6-15-23)19-7-2-1-3-8-19/h1-3,7-8,10-13H,4-6,9,14-17H2,(H,24,27). The number of hydrogen-bond donors (Lipinski definition) is 1. The van der Waals surface area contributed by atoms with Gasteiger partial charge in [-0.3, -0.25) is 9.59 Å². The lowest BCUT2D eigenvalue weighted by Gasteiger charge is -2.42. The van der Waals surface area contributed by atoms with Crippen LogP contribution in [0, 0.1) is 0 Å². The predicted molar refractivity (Wildman–Crippen MR) is 107 cm³/mol. The van der Waals surface area contributed by atoms with E-state index in [9.17, 15) is 9.59 Å². The van der Waals surface area contributed by atoms with E-state index >= 15 is 0 Å². The van der Waals surface area contributed by atoms with E-state index in [0.717, 1.165) is 37.9 Å². The first-order chi connectivity index (χ1) is 13.2. The molecule has 0 aromatic heterocycles. The van der Waals surface area contributed by atoms with Crippen LogP contribution in [0.2, 0.25) is 0 Å². The van der Waals surface area contributed by atoms with Gasteiger partial charge in [-0.2, -0.15) is 0 Å². The summed E-state index contributed by atoms with van der Waals surface area (Å²) in [6, 6.07) is 17.9. The normalized spacial score (nSPS) is 18.7. The Morgan fingerprint density at radius 3 is 2.33 bits per heavy atom. The fraction of sp³-hybridized carbons (Fsp3) is 0.391. The largest absolute Gasteiger partial charge is 0.351 e. The molecule has 0 unspecified atom stereocenters. The Hall–Kier alpha value is -2.62. The molecule has 1 heterocycles. The molecule has 1 aliphatic carbocycles. The number of carbonyl (C=O) groups excluding carboxylic acids is 2. The van der Waals surface area contributed by atoms with E-state index in [0.29, 0.717) is 18.5 Å². The molecule has 2 aliphatic rings. The maximum atomic E-state index is 12.6. The lowest BCUT2D eigenvalue weighted by Crippen LogP contribution is -2.45. The number of amides is 2. The lowest BCUT2D eigenvalue weighted by molar-refractivity contribution is -0.119. The Labute approximate surface area is 160 Å². The minimum atomic E-state index is -0.0475. The number of carbonyl (C=O) groups is 2. The van der Waals surface area contributed by atoms with Gasteiger partial charge < -0.3 is 10.2 Å². The van der Waals surface area contributed by atoms with Crippen LogP contribution in [0.3, 0.4) is 0 Å². The van der Waals surface area contributed by atoms with Gasteiger partial charge in [-0.05, 0) is 55.5 Å². The van der Waals surface area contributed by atoms with Crippen molar-refractivity contribution in [3.63, 3.8) is 0 Å². The van der Waals surface area contributed by atoms with Crippen LogP contribution in [0.5, 0.6) is 0 Å². The van der Waals surface area contributed by atoms with Crippen LogP contribution in [0.15, 0.2) is 54.6 Å². The molecule has 1 saturated heterocycles. The van der Waals surface area contributed by atoms with E-state index in [4.69, 9.17) is 0 Å². The first-order valence-corrected chi connectivity index (χ1v) is 9.92. The molecule has 0 spiro atoms. The van der Waals surface area contributed by atoms with E-state index in [1.807, 2.05) is 35.2 Å². The molecule has 140 valence electrons. The molecule has 1 aliphatic heterocycles. The monoisotopic (exact) mass is 362 g/mol. The SMILES string of the molecule is O=C(NCC1(c2ccccc2)CCC1)c1ccc(N2CCCCC2=O)cc1. The van der Waals surface area contributed by atoms with Gasteiger partial charge in [-0.15, -0.1) is 0 Å². The fourth-order valence-corrected chi connectivity index (χ4v) is 4.19. The molecule has 4 heteroatoms. The zero-order chi connectivity index (χ0) is 18.7. The van der Waals surface area contributed by atoms with Gasteiger partial charge in [0.15, 0.2) is 0 Å². The van der Waals surface area contributed by atoms with Crippen molar-refractivity contribution in [3.8, 4) is 0 Å². The third-order valence-corrected chi connectivity index (χ3v) is 6.05. The molecule has 4 rings (SSSR count). The molecule has 0 radical (unpaired) electrons. The quantitative estimate of drug-likeness (QED) is 0.872. The van der Waals surface area contributed by atoms with Crippen molar-refractivity contribution in [2.75, 3.05) is 18.0 Å². The van der Waals surface area contributed by atoms with Crippen LogP contribution in [-0.2, 0) is 10.2 Å². The van der Waals surface area contributed by atoms with Gasteiger partial charge in [0.05, 0.1) is 0 Å². The number of anilines is 1. The Morgan fingerprint density at radius 2 is 1.70 bits per heavy atom. The third kappa shape index (κ3) is 3.61. The molecule has 2 aromatic carbocycles. The van der Waals surface area contributed by atoms with Crippen LogP contribution >= 0.6 is 0 Å². The average molecular weight is 362 g/mol. The second kappa shape index (κ2) is 7.55. The Balaban J connectivity index is 1.40. The third-order valence-electron chi connectivity index (χ3n) is 6.05. The molecule has 2 aromatic rings. The van der Waals surface area contributed by atoms with Crippen LogP contribution in [0.4, 0.5) is 5.69 Å². The summed E-state index contributed by atoms with van der Waals surface area (Å²) in [4.78, 5) is 26.5. The van der Waals surface area contributed by atoms with Gasteiger partial charge in [0.25, 0.3) is 5.91 Å². The summed E-state index contributed by atoms with van der Waals surface area (Å²) >= 11 is 0. The van der Waals surface area contributed by atoms with Crippen LogP contribution in [0.1, 0.15) is 54.4 Å². The first kappa shape index (κ1) is 17.8. The molecule has 1 N–H and O–H groups in total. The molecule has 2 fully saturated rings. The second-order valence-electron chi connectivity index (χ2n) is 7.73. The number of nitrogens with zero attached hydrogens (tertiary/aromatic N) is 1. The van der Waals surface area contributed by atoms with Crippen LogP contribution in [0.25, 0.3) is 0 Å².